The second kappa shape index (κ2) is 2.90. The number of hydrogen-bond acceptors (Lipinski definition) is 5. The summed E-state index contributed by atoms with van der Waals surface area (Å²) in [4.78, 5) is 13.5. The van der Waals surface area contributed by atoms with Crippen LogP contribution in [-0.4, -0.2) is 9.97 Å². The van der Waals surface area contributed by atoms with Crippen molar-refractivity contribution < 1.29 is 4.84 Å². The van der Waals surface area contributed by atoms with E-state index in [1.807, 2.05) is 18.2 Å². The zero-order valence-corrected chi connectivity index (χ0v) is 7.32. The number of rotatable bonds is 0. The summed E-state index contributed by atoms with van der Waals surface area (Å²) in [5.41, 5.74) is 8.05. The van der Waals surface area contributed by atoms with Crippen molar-refractivity contribution in [3.05, 3.63) is 30.1 Å². The Kier molecular flexibility index (Phi) is 1.59. The molecule has 2 N–H and O–H groups in total. The summed E-state index contributed by atoms with van der Waals surface area (Å²) in [5.74, 6) is 0. The minimum atomic E-state index is 0.453. The highest BCUT2D eigenvalue weighted by Gasteiger charge is 2.11. The van der Waals surface area contributed by atoms with Crippen LogP contribution in [0.2, 0.25) is 0 Å². The third-order valence-corrected chi connectivity index (χ3v) is 2.14. The van der Waals surface area contributed by atoms with Gasteiger partial charge in [-0.25, -0.2) is 9.97 Å². The quantitative estimate of drug-likeness (QED) is 0.645. The first-order valence-electron chi connectivity index (χ1n) is 4.31. The van der Waals surface area contributed by atoms with Crippen molar-refractivity contribution in [2.75, 3.05) is 5.43 Å². The van der Waals surface area contributed by atoms with Crippen molar-refractivity contribution in [3.8, 4) is 0 Å². The fourth-order valence-electron chi connectivity index (χ4n) is 1.46. The topological polar surface area (TPSA) is 59.1 Å². The zero-order valence-electron chi connectivity index (χ0n) is 7.32. The zero-order chi connectivity index (χ0) is 9.38. The van der Waals surface area contributed by atoms with Crippen LogP contribution in [0.3, 0.4) is 0 Å². The van der Waals surface area contributed by atoms with Gasteiger partial charge in [0, 0.05) is 11.6 Å². The van der Waals surface area contributed by atoms with Gasteiger partial charge in [0.1, 0.15) is 6.61 Å². The van der Waals surface area contributed by atoms with Crippen LogP contribution in [-0.2, 0) is 11.4 Å². The molecular weight excluding hydrogens is 180 g/mol. The third kappa shape index (κ3) is 1.11. The molecule has 1 aliphatic rings. The van der Waals surface area contributed by atoms with Crippen LogP contribution < -0.4 is 11.0 Å². The average molecular weight is 188 g/mol. The Hall–Kier alpha value is -1.72. The van der Waals surface area contributed by atoms with E-state index in [-0.39, 0.29) is 0 Å². The average Bonchev–Trinajstić information content (AvgIpc) is 2.26. The fourth-order valence-corrected chi connectivity index (χ4v) is 1.46. The van der Waals surface area contributed by atoms with Gasteiger partial charge >= 0.3 is 0 Å². The van der Waals surface area contributed by atoms with Crippen LogP contribution in [0.5, 0.6) is 0 Å². The molecule has 0 unspecified atom stereocenters. The SMILES string of the molecule is c1cnc2nc3c(cc2c1)NNOC3. The molecule has 2 aromatic rings. The maximum Gasteiger partial charge on any atom is 0.159 e. The van der Waals surface area contributed by atoms with Gasteiger partial charge < -0.3 is 0 Å². The van der Waals surface area contributed by atoms with Crippen molar-refractivity contribution in [3.63, 3.8) is 0 Å². The first-order chi connectivity index (χ1) is 6.93. The summed E-state index contributed by atoms with van der Waals surface area (Å²) >= 11 is 0. The number of fused-ring (bicyclic) bond motifs is 2. The van der Waals surface area contributed by atoms with Crippen LogP contribution in [0, 0.1) is 0 Å². The number of aromatic nitrogens is 2. The van der Waals surface area contributed by atoms with E-state index in [0.29, 0.717) is 6.61 Å². The lowest BCUT2D eigenvalue weighted by molar-refractivity contribution is 0.0332. The Morgan fingerprint density at radius 1 is 1.43 bits per heavy atom. The molecule has 0 aliphatic carbocycles. The van der Waals surface area contributed by atoms with Gasteiger partial charge in [-0.1, -0.05) is 0 Å². The second-order valence-electron chi connectivity index (χ2n) is 3.05. The summed E-state index contributed by atoms with van der Waals surface area (Å²) in [6, 6.07) is 5.87. The maximum absolute atomic E-state index is 4.99. The van der Waals surface area contributed by atoms with Gasteiger partial charge in [0.05, 0.1) is 11.4 Å². The van der Waals surface area contributed by atoms with E-state index >= 15 is 0 Å². The highest BCUT2D eigenvalue weighted by atomic mass is 16.7. The van der Waals surface area contributed by atoms with Gasteiger partial charge in [0.15, 0.2) is 5.65 Å². The first-order valence-corrected chi connectivity index (χ1v) is 4.31. The van der Waals surface area contributed by atoms with E-state index in [9.17, 15) is 0 Å². The smallest absolute Gasteiger partial charge is 0.159 e. The molecular formula is C9H8N4O. The maximum atomic E-state index is 4.99. The van der Waals surface area contributed by atoms with Crippen LogP contribution in [0.1, 0.15) is 5.69 Å². The van der Waals surface area contributed by atoms with Gasteiger partial charge in [0.25, 0.3) is 0 Å². The highest BCUT2D eigenvalue weighted by Crippen LogP contribution is 2.21. The van der Waals surface area contributed by atoms with E-state index in [1.165, 1.54) is 0 Å². The Balaban J connectivity index is 2.27. The molecule has 0 bridgehead atoms. The van der Waals surface area contributed by atoms with Gasteiger partial charge in [0.2, 0.25) is 0 Å². The minimum Gasteiger partial charge on any atom is -0.297 e. The molecule has 3 heterocycles. The van der Waals surface area contributed by atoms with Gasteiger partial charge in [-0.15, -0.1) is 5.59 Å². The molecule has 0 spiro atoms. The predicted molar refractivity (Wildman–Crippen MR) is 51.1 cm³/mol. The van der Waals surface area contributed by atoms with E-state index < -0.39 is 0 Å². The minimum absolute atomic E-state index is 0.453. The second-order valence-corrected chi connectivity index (χ2v) is 3.05. The molecule has 14 heavy (non-hydrogen) atoms. The predicted octanol–water partition coefficient (Wildman–Crippen LogP) is 0.991. The van der Waals surface area contributed by atoms with Gasteiger partial charge in [-0.3, -0.25) is 10.3 Å². The van der Waals surface area contributed by atoms with Crippen molar-refractivity contribution in [1.29, 1.82) is 0 Å². The summed E-state index contributed by atoms with van der Waals surface area (Å²) in [7, 11) is 0. The molecule has 0 atom stereocenters. The number of pyridine rings is 2. The molecule has 0 saturated carbocycles. The van der Waals surface area contributed by atoms with Crippen LogP contribution in [0.25, 0.3) is 11.0 Å². The lowest BCUT2D eigenvalue weighted by Gasteiger charge is -2.17. The molecule has 1 aliphatic heterocycles. The molecule has 2 aromatic heterocycles. The normalized spacial score (nSPS) is 14.9. The summed E-state index contributed by atoms with van der Waals surface area (Å²) in [5, 5.41) is 1.02. The summed E-state index contributed by atoms with van der Waals surface area (Å²) in [6.07, 6.45) is 1.73. The summed E-state index contributed by atoms with van der Waals surface area (Å²) in [6.45, 7) is 0.453. The molecule has 70 valence electrons. The van der Waals surface area contributed by atoms with Crippen molar-refractivity contribution >= 4 is 16.7 Å². The van der Waals surface area contributed by atoms with E-state index in [2.05, 4.69) is 21.0 Å². The highest BCUT2D eigenvalue weighted by molar-refractivity contribution is 5.79. The fraction of sp³-hybridized carbons (Fsp3) is 0.111. The third-order valence-electron chi connectivity index (χ3n) is 2.14. The Bertz CT molecular complexity index is 441. The molecule has 0 fully saturated rings. The summed E-state index contributed by atoms with van der Waals surface area (Å²) < 4.78 is 0. The first kappa shape index (κ1) is 7.66. The Morgan fingerprint density at radius 3 is 3.43 bits per heavy atom. The molecule has 0 saturated heterocycles. The van der Waals surface area contributed by atoms with E-state index in [4.69, 9.17) is 4.84 Å². The van der Waals surface area contributed by atoms with Gasteiger partial charge in [-0.05, 0) is 18.2 Å². The molecule has 5 heteroatoms. The standard InChI is InChI=1S/C9H8N4O/c1-2-6-4-7-8(5-14-13-12-7)11-9(6)10-3-1/h1-4,12-13H,5H2. The lowest BCUT2D eigenvalue weighted by Crippen LogP contribution is -2.28. The van der Waals surface area contributed by atoms with Crippen LogP contribution in [0.4, 0.5) is 5.69 Å². The molecule has 0 amide bonds. The van der Waals surface area contributed by atoms with Gasteiger partial charge in [-0.2, -0.15) is 0 Å². The van der Waals surface area contributed by atoms with Crippen molar-refractivity contribution in [2.24, 2.45) is 0 Å². The van der Waals surface area contributed by atoms with Crippen molar-refractivity contribution in [2.45, 2.75) is 6.61 Å². The molecule has 5 nitrogen and oxygen atoms in total. The van der Waals surface area contributed by atoms with Crippen LogP contribution in [0.15, 0.2) is 24.4 Å². The van der Waals surface area contributed by atoms with Crippen LogP contribution >= 0.6 is 0 Å². The van der Waals surface area contributed by atoms with E-state index in [1.54, 1.807) is 6.20 Å². The number of hydrazine groups is 1. The monoisotopic (exact) mass is 188 g/mol. The Morgan fingerprint density at radius 2 is 2.43 bits per heavy atom. The Labute approximate surface area is 80.0 Å². The largest absolute Gasteiger partial charge is 0.297 e. The molecule has 0 radical (unpaired) electrons. The molecule has 0 aromatic carbocycles. The van der Waals surface area contributed by atoms with E-state index in [0.717, 1.165) is 22.4 Å². The lowest BCUT2D eigenvalue weighted by atomic mass is 10.2. The number of anilines is 1. The molecule has 3 rings (SSSR count). The number of hydrogen-bond donors (Lipinski definition) is 2. The van der Waals surface area contributed by atoms with Crippen molar-refractivity contribution in [1.82, 2.24) is 15.6 Å². The number of nitrogens with one attached hydrogen (secondary N) is 2. The number of nitrogens with zero attached hydrogens (tertiary/aromatic N) is 2.